The van der Waals surface area contributed by atoms with Crippen LogP contribution in [0.5, 0.6) is 0 Å². The minimum Gasteiger partial charge on any atom is -0.370 e. The summed E-state index contributed by atoms with van der Waals surface area (Å²) in [4.78, 5) is 95.8. The molecule has 6 aliphatic heterocycles. The zero-order valence-electron chi connectivity index (χ0n) is 30.4. The van der Waals surface area contributed by atoms with E-state index in [1.807, 2.05) is 42.3 Å². The van der Waals surface area contributed by atoms with Crippen molar-refractivity contribution in [3.63, 3.8) is 0 Å². The number of imide groups is 2. The van der Waals surface area contributed by atoms with Crippen molar-refractivity contribution in [1.29, 1.82) is 0 Å². The summed E-state index contributed by atoms with van der Waals surface area (Å²) in [5.74, 6) is -1.85. The third-order valence-electron chi connectivity index (χ3n) is 11.8. The third kappa shape index (κ3) is 5.93. The largest absolute Gasteiger partial charge is 0.370 e. The average Bonchev–Trinajstić information content (AvgIpc) is 3.60. The topological polar surface area (TPSA) is 198 Å². The molecule has 5 saturated heterocycles. The number of rotatable bonds is 8. The van der Waals surface area contributed by atoms with E-state index in [1.54, 1.807) is 23.2 Å². The molecule has 1 aromatic heterocycles. The van der Waals surface area contributed by atoms with Crippen LogP contribution < -0.4 is 31.1 Å². The Bertz CT molecular complexity index is 2150. The molecule has 6 aliphatic rings. The van der Waals surface area contributed by atoms with Crippen molar-refractivity contribution in [2.45, 2.75) is 37.8 Å². The molecule has 55 heavy (non-hydrogen) atoms. The number of carbonyl (C=O) groups excluding carboxylic acids is 6. The van der Waals surface area contributed by atoms with Crippen molar-refractivity contribution in [1.82, 2.24) is 30.0 Å². The highest BCUT2D eigenvalue weighted by atomic mass is 16.2. The maximum Gasteiger partial charge on any atom is 0.320 e. The average molecular weight is 750 g/mol. The molecule has 3 aromatic rings. The molecule has 4 N–H and O–H groups in total. The smallest absolute Gasteiger partial charge is 0.320 e. The molecule has 0 aliphatic carbocycles. The lowest BCUT2D eigenvalue weighted by molar-refractivity contribution is -0.136. The summed E-state index contributed by atoms with van der Waals surface area (Å²) in [6.07, 6.45) is 3.59. The summed E-state index contributed by atoms with van der Waals surface area (Å²) in [5.41, 5.74) is 9.01. The number of aromatic nitrogens is 2. The zero-order chi connectivity index (χ0) is 38.2. The monoisotopic (exact) mass is 749 g/mol. The normalized spacial score (nSPS) is 23.3. The second kappa shape index (κ2) is 13.0. The first-order chi connectivity index (χ1) is 26.5. The van der Waals surface area contributed by atoms with Gasteiger partial charge in [0.05, 0.1) is 23.4 Å². The van der Waals surface area contributed by atoms with Gasteiger partial charge in [-0.2, -0.15) is 0 Å². The van der Waals surface area contributed by atoms with Crippen LogP contribution in [0.2, 0.25) is 0 Å². The van der Waals surface area contributed by atoms with Gasteiger partial charge in [-0.3, -0.25) is 34.2 Å². The number of urea groups is 1. The highest BCUT2D eigenvalue weighted by molar-refractivity contribution is 6.23. The van der Waals surface area contributed by atoms with E-state index < -0.39 is 35.6 Å². The van der Waals surface area contributed by atoms with Crippen molar-refractivity contribution >= 4 is 64.3 Å². The molecular weight excluding hydrogens is 706 g/mol. The Morgan fingerprint density at radius 2 is 1.60 bits per heavy atom. The summed E-state index contributed by atoms with van der Waals surface area (Å²) in [5, 5.41) is 5.48. The number of primary amides is 1. The first-order valence-corrected chi connectivity index (χ1v) is 18.6. The van der Waals surface area contributed by atoms with E-state index in [-0.39, 0.29) is 54.4 Å². The third-order valence-corrected chi connectivity index (χ3v) is 11.8. The van der Waals surface area contributed by atoms with E-state index in [0.717, 1.165) is 67.5 Å². The molecule has 7 amide bonds. The van der Waals surface area contributed by atoms with Crippen LogP contribution in [-0.2, 0) is 9.59 Å². The minimum atomic E-state index is -0.991. The molecule has 17 heteroatoms. The fraction of sp³-hybridized carbons (Fsp3) is 0.421. The lowest BCUT2D eigenvalue weighted by Gasteiger charge is -2.61. The fourth-order valence-electron chi connectivity index (χ4n) is 8.86. The molecule has 2 aromatic carbocycles. The van der Waals surface area contributed by atoms with Crippen LogP contribution >= 0.6 is 0 Å². The number of benzene rings is 2. The molecular formula is C38H43N11O6. The standard InChI is InChI=1S/C38H41N11O6.H2/c1-44-13-14-48(37(44)55)25-3-2-12-45(17-25)29-16-40-31(32(39)51)33(42-29)41-22-4-6-23(7-5-22)46-18-38(19-46)20-47(21-38)24-8-9-26-27(15-24)36(54)49(35(26)53)28-10-11-30(50)43-34(28)52;/h4-9,15-16,25,28H,2-3,10-14,17-21H2,1H3,(H2,39,51)(H,41,42)(H,43,50,52);1H/t25-,28?;/m1./s1. The molecule has 1 unspecified atom stereocenters. The van der Waals surface area contributed by atoms with Crippen LogP contribution in [0.1, 0.15) is 58.3 Å². The molecule has 7 heterocycles. The Labute approximate surface area is 317 Å². The summed E-state index contributed by atoms with van der Waals surface area (Å²) in [6.45, 7) is 6.14. The zero-order valence-corrected chi connectivity index (χ0v) is 30.4. The van der Waals surface area contributed by atoms with E-state index in [4.69, 9.17) is 10.7 Å². The van der Waals surface area contributed by atoms with Crippen molar-refractivity contribution in [2.24, 2.45) is 11.1 Å². The number of hydrogen-bond acceptors (Lipinski definition) is 12. The SMILES string of the molecule is CN1CCN([C@@H]2CCCN(c3cnc(C(N)=O)c(Nc4ccc(N5CC6(C5)CN(c5ccc7c(c5)C(=O)N(C5CCC(=O)NC5=O)C7=O)C6)cc4)n3)C2)C1=O.[HH]. The van der Waals surface area contributed by atoms with Gasteiger partial charge < -0.3 is 35.6 Å². The van der Waals surface area contributed by atoms with Crippen LogP contribution in [-0.4, -0.2) is 132 Å². The van der Waals surface area contributed by atoms with Gasteiger partial charge in [-0.05, 0) is 61.7 Å². The van der Waals surface area contributed by atoms with Gasteiger partial charge in [0, 0.05) is 89.7 Å². The van der Waals surface area contributed by atoms with E-state index in [0.29, 0.717) is 25.5 Å². The Kier molecular flexibility index (Phi) is 8.12. The van der Waals surface area contributed by atoms with Gasteiger partial charge in [0.25, 0.3) is 17.7 Å². The van der Waals surface area contributed by atoms with Gasteiger partial charge in [-0.15, -0.1) is 0 Å². The van der Waals surface area contributed by atoms with Gasteiger partial charge in [-0.25, -0.2) is 14.8 Å². The van der Waals surface area contributed by atoms with Gasteiger partial charge in [-0.1, -0.05) is 0 Å². The molecule has 0 saturated carbocycles. The number of anilines is 5. The van der Waals surface area contributed by atoms with Crippen LogP contribution in [0.3, 0.4) is 0 Å². The van der Waals surface area contributed by atoms with Gasteiger partial charge in [0.15, 0.2) is 11.5 Å². The first-order valence-electron chi connectivity index (χ1n) is 18.6. The first kappa shape index (κ1) is 34.5. The minimum absolute atomic E-state index is 0. The number of likely N-dealkylation sites (N-methyl/N-ethyl adjacent to an activating group) is 1. The van der Waals surface area contributed by atoms with Crippen LogP contribution in [0.25, 0.3) is 0 Å². The highest BCUT2D eigenvalue weighted by Gasteiger charge is 2.52. The predicted octanol–water partition coefficient (Wildman–Crippen LogP) is 1.63. The molecule has 0 bridgehead atoms. The van der Waals surface area contributed by atoms with Crippen molar-refractivity contribution in [3.8, 4) is 0 Å². The number of fused-ring (bicyclic) bond motifs is 1. The summed E-state index contributed by atoms with van der Waals surface area (Å²) in [6, 6.07) is 12.3. The van der Waals surface area contributed by atoms with Crippen molar-refractivity contribution in [3.05, 3.63) is 65.5 Å². The van der Waals surface area contributed by atoms with Gasteiger partial charge in [0.2, 0.25) is 11.8 Å². The van der Waals surface area contributed by atoms with Gasteiger partial charge >= 0.3 is 6.03 Å². The summed E-state index contributed by atoms with van der Waals surface area (Å²) < 4.78 is 0. The predicted molar refractivity (Wildman–Crippen MR) is 202 cm³/mol. The molecule has 2 atom stereocenters. The number of nitrogens with one attached hydrogen (secondary N) is 2. The van der Waals surface area contributed by atoms with Gasteiger partial charge in [0.1, 0.15) is 11.9 Å². The number of carbonyl (C=O) groups is 6. The Morgan fingerprint density at radius 3 is 2.29 bits per heavy atom. The molecule has 0 radical (unpaired) electrons. The second-order valence-electron chi connectivity index (χ2n) is 15.5. The number of nitrogens with two attached hydrogens (primary N) is 1. The lowest BCUT2D eigenvalue weighted by Crippen LogP contribution is -2.72. The maximum atomic E-state index is 13.3. The molecule has 17 nitrogen and oxygen atoms in total. The molecule has 9 rings (SSSR count). The summed E-state index contributed by atoms with van der Waals surface area (Å²) >= 11 is 0. The number of amides is 7. The molecule has 286 valence electrons. The fourth-order valence-corrected chi connectivity index (χ4v) is 8.86. The Balaban J connectivity index is 0.00000441. The number of nitrogens with zero attached hydrogens (tertiary/aromatic N) is 8. The van der Waals surface area contributed by atoms with Crippen LogP contribution in [0.4, 0.5) is 33.5 Å². The van der Waals surface area contributed by atoms with E-state index in [2.05, 4.69) is 30.3 Å². The van der Waals surface area contributed by atoms with E-state index in [9.17, 15) is 28.8 Å². The number of hydrogen-bond donors (Lipinski definition) is 3. The maximum absolute atomic E-state index is 13.3. The van der Waals surface area contributed by atoms with E-state index >= 15 is 0 Å². The van der Waals surface area contributed by atoms with E-state index in [1.165, 1.54) is 0 Å². The second-order valence-corrected chi connectivity index (χ2v) is 15.5. The van der Waals surface area contributed by atoms with Crippen LogP contribution in [0.15, 0.2) is 48.7 Å². The Morgan fingerprint density at radius 1 is 0.891 bits per heavy atom. The molecule has 5 fully saturated rings. The highest BCUT2D eigenvalue weighted by Crippen LogP contribution is 2.45. The Hall–Kier alpha value is -6.26. The lowest BCUT2D eigenvalue weighted by atomic mass is 9.72. The number of piperidine rings is 2. The molecule has 1 spiro atoms. The quantitative estimate of drug-likeness (QED) is 0.282. The van der Waals surface area contributed by atoms with Crippen LogP contribution in [0, 0.1) is 5.41 Å². The summed E-state index contributed by atoms with van der Waals surface area (Å²) in [7, 11) is 1.82. The van der Waals surface area contributed by atoms with Crippen molar-refractivity contribution in [2.75, 3.05) is 79.4 Å². The van der Waals surface area contributed by atoms with Crippen molar-refractivity contribution < 1.29 is 30.2 Å².